The molecule has 0 bridgehead atoms. The number of hydrogen-bond donors (Lipinski definition) is 2. The molecule has 0 unspecified atom stereocenters. The molecule has 0 fully saturated rings. The van der Waals surface area contributed by atoms with E-state index in [4.69, 9.17) is 9.47 Å². The van der Waals surface area contributed by atoms with Crippen LogP contribution in [0.2, 0.25) is 0 Å². The highest BCUT2D eigenvalue weighted by molar-refractivity contribution is 6.02. The molecule has 6 nitrogen and oxygen atoms in total. The fourth-order valence-electron chi connectivity index (χ4n) is 3.37. The molecule has 5 rings (SSSR count). The van der Waals surface area contributed by atoms with E-state index >= 15 is 0 Å². The molecule has 1 aliphatic rings. The Morgan fingerprint density at radius 1 is 0.933 bits per heavy atom. The number of ether oxygens (including phenoxy) is 2. The largest absolute Gasteiger partial charge is 0.457 e. The molecule has 1 aliphatic heterocycles. The molecule has 4 aromatic rings. The number of nitrogens with one attached hydrogen (secondary N) is 2. The fourth-order valence-corrected chi connectivity index (χ4v) is 3.37. The van der Waals surface area contributed by atoms with Crippen LogP contribution in [0.1, 0.15) is 21.7 Å². The van der Waals surface area contributed by atoms with Crippen LogP contribution in [0.4, 0.5) is 5.69 Å². The maximum Gasteiger partial charge on any atom is 0.291 e. The van der Waals surface area contributed by atoms with Gasteiger partial charge in [-0.15, -0.1) is 0 Å². The molecular weight excluding hydrogens is 378 g/mol. The van der Waals surface area contributed by atoms with Gasteiger partial charge >= 0.3 is 0 Å². The zero-order valence-electron chi connectivity index (χ0n) is 16.1. The lowest BCUT2D eigenvalue weighted by Crippen LogP contribution is -2.13. The molecule has 6 heteroatoms. The second-order valence-electron chi connectivity index (χ2n) is 7.01. The topological polar surface area (TPSA) is 76.2 Å². The minimum Gasteiger partial charge on any atom is -0.457 e. The van der Waals surface area contributed by atoms with Crippen LogP contribution >= 0.6 is 0 Å². The minimum absolute atomic E-state index is 0.246. The highest BCUT2D eigenvalue weighted by atomic mass is 16.5. The first-order chi connectivity index (χ1) is 14.7. The van der Waals surface area contributed by atoms with E-state index in [1.54, 1.807) is 6.20 Å². The molecule has 30 heavy (non-hydrogen) atoms. The van der Waals surface area contributed by atoms with E-state index in [0.29, 0.717) is 24.7 Å². The number of nitrogens with zero attached hydrogens (tertiary/aromatic N) is 1. The molecule has 0 spiro atoms. The predicted molar refractivity (Wildman–Crippen MR) is 113 cm³/mol. The highest BCUT2D eigenvalue weighted by Gasteiger charge is 2.15. The molecule has 0 saturated heterocycles. The first-order valence-corrected chi connectivity index (χ1v) is 9.64. The smallest absolute Gasteiger partial charge is 0.291 e. The van der Waals surface area contributed by atoms with Crippen molar-refractivity contribution in [3.8, 4) is 22.8 Å². The Kier molecular flexibility index (Phi) is 4.75. The van der Waals surface area contributed by atoms with Gasteiger partial charge in [0.1, 0.15) is 11.5 Å². The maximum absolute atomic E-state index is 12.6. The van der Waals surface area contributed by atoms with Gasteiger partial charge in [0.2, 0.25) is 0 Å². The van der Waals surface area contributed by atoms with Crippen LogP contribution < -0.4 is 10.1 Å². The van der Waals surface area contributed by atoms with Gasteiger partial charge in [-0.3, -0.25) is 4.79 Å². The van der Waals surface area contributed by atoms with Gasteiger partial charge < -0.3 is 19.8 Å². The average molecular weight is 397 g/mol. The first kappa shape index (κ1) is 18.1. The van der Waals surface area contributed by atoms with Crippen molar-refractivity contribution in [1.82, 2.24) is 9.97 Å². The number of carbonyl (C=O) groups excluding carboxylic acids is 1. The van der Waals surface area contributed by atoms with Crippen LogP contribution in [0.25, 0.3) is 11.3 Å². The standard InChI is InChI=1S/C24H19N3O3/c28-24(26-19-10-9-17-14-29-15-18(17)11-19)23-25-13-22(27-23)16-5-4-8-21(12-16)30-20-6-2-1-3-7-20/h1-13H,14-15H2,(H,25,27)(H,26,28). The number of aromatic nitrogens is 2. The van der Waals surface area contributed by atoms with E-state index in [1.165, 1.54) is 0 Å². The summed E-state index contributed by atoms with van der Waals surface area (Å²) in [7, 11) is 0. The van der Waals surface area contributed by atoms with Crippen molar-refractivity contribution in [2.24, 2.45) is 0 Å². The number of carbonyl (C=O) groups is 1. The number of amides is 1. The van der Waals surface area contributed by atoms with Gasteiger partial charge in [0.15, 0.2) is 5.82 Å². The maximum atomic E-state index is 12.6. The zero-order chi connectivity index (χ0) is 20.3. The Morgan fingerprint density at radius 2 is 1.77 bits per heavy atom. The second-order valence-corrected chi connectivity index (χ2v) is 7.01. The Bertz CT molecular complexity index is 1200. The average Bonchev–Trinajstić information content (AvgIpc) is 3.44. The molecule has 2 heterocycles. The number of H-pyrrole nitrogens is 1. The second kappa shape index (κ2) is 7.85. The van der Waals surface area contributed by atoms with E-state index in [1.807, 2.05) is 72.8 Å². The summed E-state index contributed by atoms with van der Waals surface area (Å²) in [6.45, 7) is 1.20. The Hall–Kier alpha value is -3.90. The van der Waals surface area contributed by atoms with Crippen molar-refractivity contribution < 1.29 is 14.3 Å². The summed E-state index contributed by atoms with van der Waals surface area (Å²) in [5.41, 5.74) is 4.50. The van der Waals surface area contributed by atoms with E-state index in [2.05, 4.69) is 15.3 Å². The summed E-state index contributed by atoms with van der Waals surface area (Å²) >= 11 is 0. The predicted octanol–water partition coefficient (Wildman–Crippen LogP) is 5.15. The monoisotopic (exact) mass is 397 g/mol. The van der Waals surface area contributed by atoms with Gasteiger partial charge in [-0.2, -0.15) is 0 Å². The summed E-state index contributed by atoms with van der Waals surface area (Å²) in [6.07, 6.45) is 1.72. The fraction of sp³-hybridized carbons (Fsp3) is 0.0833. The van der Waals surface area contributed by atoms with Crippen LogP contribution in [0, 0.1) is 0 Å². The van der Waals surface area contributed by atoms with Gasteiger partial charge in [0, 0.05) is 17.4 Å². The van der Waals surface area contributed by atoms with Gasteiger partial charge in [0.25, 0.3) is 5.91 Å². The van der Waals surface area contributed by atoms with Crippen molar-refractivity contribution in [3.05, 3.63) is 95.9 Å². The number of para-hydroxylation sites is 1. The quantitative estimate of drug-likeness (QED) is 0.488. The molecular formula is C24H19N3O3. The van der Waals surface area contributed by atoms with Crippen molar-refractivity contribution in [1.29, 1.82) is 0 Å². The summed E-state index contributed by atoms with van der Waals surface area (Å²) in [4.78, 5) is 20.0. The number of fused-ring (bicyclic) bond motifs is 1. The third-order valence-corrected chi connectivity index (χ3v) is 4.88. The Balaban J connectivity index is 1.31. The molecule has 0 atom stereocenters. The normalized spacial score (nSPS) is 12.4. The molecule has 0 radical (unpaired) electrons. The van der Waals surface area contributed by atoms with E-state index in [9.17, 15) is 4.79 Å². The van der Waals surface area contributed by atoms with Gasteiger partial charge in [0.05, 0.1) is 18.9 Å². The molecule has 1 aromatic heterocycles. The molecule has 148 valence electrons. The number of aromatic amines is 1. The molecule has 1 amide bonds. The van der Waals surface area contributed by atoms with Crippen LogP contribution in [0.15, 0.2) is 79.0 Å². The van der Waals surface area contributed by atoms with Crippen molar-refractivity contribution in [3.63, 3.8) is 0 Å². The first-order valence-electron chi connectivity index (χ1n) is 9.64. The lowest BCUT2D eigenvalue weighted by molar-refractivity contribution is 0.101. The van der Waals surface area contributed by atoms with E-state index < -0.39 is 0 Å². The number of anilines is 1. The van der Waals surface area contributed by atoms with E-state index in [-0.39, 0.29) is 11.7 Å². The highest BCUT2D eigenvalue weighted by Crippen LogP contribution is 2.27. The van der Waals surface area contributed by atoms with Crippen molar-refractivity contribution in [2.45, 2.75) is 13.2 Å². The van der Waals surface area contributed by atoms with E-state index in [0.717, 1.165) is 28.1 Å². The van der Waals surface area contributed by atoms with Crippen molar-refractivity contribution >= 4 is 11.6 Å². The van der Waals surface area contributed by atoms with Crippen LogP contribution in [-0.4, -0.2) is 15.9 Å². The lowest BCUT2D eigenvalue weighted by atomic mass is 10.1. The number of rotatable bonds is 5. The SMILES string of the molecule is O=C(Nc1ccc2c(c1)COC2)c1nc(-c2cccc(Oc3ccccc3)c2)c[nH]1. The summed E-state index contributed by atoms with van der Waals surface area (Å²) in [5, 5.41) is 2.88. The zero-order valence-corrected chi connectivity index (χ0v) is 16.1. The number of hydrogen-bond acceptors (Lipinski definition) is 4. The summed E-state index contributed by atoms with van der Waals surface area (Å²) < 4.78 is 11.3. The van der Waals surface area contributed by atoms with Crippen LogP contribution in [0.3, 0.4) is 0 Å². The number of imidazole rings is 1. The number of benzene rings is 3. The third-order valence-electron chi connectivity index (χ3n) is 4.88. The lowest BCUT2D eigenvalue weighted by Gasteiger charge is -2.06. The minimum atomic E-state index is -0.295. The molecule has 0 aliphatic carbocycles. The third kappa shape index (κ3) is 3.81. The summed E-state index contributed by atoms with van der Waals surface area (Å²) in [5.74, 6) is 1.41. The van der Waals surface area contributed by atoms with Gasteiger partial charge in [-0.1, -0.05) is 36.4 Å². The van der Waals surface area contributed by atoms with Crippen LogP contribution in [0.5, 0.6) is 11.5 Å². The summed E-state index contributed by atoms with van der Waals surface area (Å²) in [6, 6.07) is 23.0. The Labute approximate surface area is 173 Å². The van der Waals surface area contributed by atoms with Crippen molar-refractivity contribution in [2.75, 3.05) is 5.32 Å². The molecule has 2 N–H and O–H groups in total. The van der Waals surface area contributed by atoms with Gasteiger partial charge in [-0.05, 0) is 47.5 Å². The van der Waals surface area contributed by atoms with Gasteiger partial charge in [-0.25, -0.2) is 4.98 Å². The molecule has 3 aromatic carbocycles. The molecule has 0 saturated carbocycles. The van der Waals surface area contributed by atoms with Crippen LogP contribution in [-0.2, 0) is 18.0 Å². The Morgan fingerprint density at radius 3 is 2.67 bits per heavy atom.